The van der Waals surface area contributed by atoms with Crippen LogP contribution in [0.5, 0.6) is 0 Å². The number of hydrogen-bond acceptors (Lipinski definition) is 3. The third-order valence-electron chi connectivity index (χ3n) is 3.81. The summed E-state index contributed by atoms with van der Waals surface area (Å²) >= 11 is 0. The number of unbranched alkanes of at least 4 members (excludes halogenated alkanes) is 1. The van der Waals surface area contributed by atoms with Gasteiger partial charge in [0.1, 0.15) is 5.52 Å². The maximum atomic E-state index is 11.8. The number of oxazole rings is 1. The fourth-order valence-corrected chi connectivity index (χ4v) is 2.49. The van der Waals surface area contributed by atoms with Gasteiger partial charge in [0, 0.05) is 23.7 Å². The van der Waals surface area contributed by atoms with Crippen molar-refractivity contribution in [1.82, 2.24) is 4.98 Å². The van der Waals surface area contributed by atoms with Crippen molar-refractivity contribution in [3.8, 4) is 11.5 Å². The van der Waals surface area contributed by atoms with Gasteiger partial charge in [-0.3, -0.25) is 4.79 Å². The van der Waals surface area contributed by atoms with Crippen LogP contribution in [0.4, 0.5) is 5.69 Å². The van der Waals surface area contributed by atoms with Gasteiger partial charge in [-0.2, -0.15) is 0 Å². The van der Waals surface area contributed by atoms with Gasteiger partial charge in [-0.1, -0.05) is 31.5 Å². The Balaban J connectivity index is 1.86. The van der Waals surface area contributed by atoms with Crippen LogP contribution in [0.15, 0.2) is 46.9 Å². The summed E-state index contributed by atoms with van der Waals surface area (Å²) in [6, 6.07) is 13.5. The van der Waals surface area contributed by atoms with Gasteiger partial charge in [0.2, 0.25) is 11.8 Å². The van der Waals surface area contributed by atoms with Crippen LogP contribution in [0.25, 0.3) is 22.6 Å². The molecule has 3 aromatic rings. The van der Waals surface area contributed by atoms with Crippen molar-refractivity contribution in [3.63, 3.8) is 0 Å². The number of benzene rings is 2. The Kier molecular flexibility index (Phi) is 4.42. The zero-order valence-electron chi connectivity index (χ0n) is 13.4. The topological polar surface area (TPSA) is 55.1 Å². The van der Waals surface area contributed by atoms with Crippen LogP contribution >= 0.6 is 0 Å². The van der Waals surface area contributed by atoms with Gasteiger partial charge in [-0.25, -0.2) is 4.98 Å². The molecule has 0 aliphatic heterocycles. The van der Waals surface area contributed by atoms with E-state index in [-0.39, 0.29) is 5.91 Å². The second-order valence-corrected chi connectivity index (χ2v) is 5.67. The Morgan fingerprint density at radius 3 is 2.83 bits per heavy atom. The van der Waals surface area contributed by atoms with Crippen LogP contribution in [-0.4, -0.2) is 10.9 Å². The number of aromatic nitrogens is 1. The Morgan fingerprint density at radius 2 is 2.04 bits per heavy atom. The van der Waals surface area contributed by atoms with Crippen LogP contribution < -0.4 is 5.32 Å². The number of nitrogens with one attached hydrogen (secondary N) is 1. The van der Waals surface area contributed by atoms with Gasteiger partial charge in [-0.05, 0) is 37.1 Å². The average molecular weight is 308 g/mol. The average Bonchev–Trinajstić information content (AvgIpc) is 2.96. The van der Waals surface area contributed by atoms with E-state index in [9.17, 15) is 4.79 Å². The van der Waals surface area contributed by atoms with E-state index in [1.165, 1.54) is 0 Å². The van der Waals surface area contributed by atoms with E-state index in [0.29, 0.717) is 17.9 Å². The minimum Gasteiger partial charge on any atom is -0.436 e. The number of hydrogen-bond donors (Lipinski definition) is 1. The standard InChI is InChI=1S/C19H20N2O2/c1-3-4-9-18(22)20-14-10-11-16-17(12-14)23-19(21-16)15-8-6-5-7-13(15)2/h5-8,10-12H,3-4,9H2,1-2H3,(H,20,22). The number of anilines is 1. The predicted octanol–water partition coefficient (Wildman–Crippen LogP) is 4.93. The van der Waals surface area contributed by atoms with E-state index in [0.717, 1.165) is 35.2 Å². The first kappa shape index (κ1) is 15.3. The zero-order valence-corrected chi connectivity index (χ0v) is 13.4. The first-order valence-electron chi connectivity index (χ1n) is 7.94. The summed E-state index contributed by atoms with van der Waals surface area (Å²) in [7, 11) is 0. The molecule has 4 heteroatoms. The molecule has 118 valence electrons. The molecule has 3 rings (SSSR count). The van der Waals surface area contributed by atoms with E-state index in [4.69, 9.17) is 4.42 Å². The summed E-state index contributed by atoms with van der Waals surface area (Å²) in [6.45, 7) is 4.10. The summed E-state index contributed by atoms with van der Waals surface area (Å²) in [5.74, 6) is 0.636. The minimum absolute atomic E-state index is 0.0323. The largest absolute Gasteiger partial charge is 0.436 e. The highest BCUT2D eigenvalue weighted by Crippen LogP contribution is 2.28. The normalized spacial score (nSPS) is 10.9. The van der Waals surface area contributed by atoms with Crippen LogP contribution in [0, 0.1) is 6.92 Å². The van der Waals surface area contributed by atoms with Gasteiger partial charge >= 0.3 is 0 Å². The molecule has 0 bridgehead atoms. The van der Waals surface area contributed by atoms with Crippen molar-refractivity contribution >= 4 is 22.7 Å². The number of rotatable bonds is 5. The lowest BCUT2D eigenvalue weighted by atomic mass is 10.1. The molecule has 0 aliphatic carbocycles. The van der Waals surface area contributed by atoms with Crippen LogP contribution in [0.1, 0.15) is 31.7 Å². The number of amides is 1. The molecule has 0 fully saturated rings. The smallest absolute Gasteiger partial charge is 0.227 e. The van der Waals surface area contributed by atoms with E-state index < -0.39 is 0 Å². The highest BCUT2D eigenvalue weighted by molar-refractivity contribution is 5.93. The van der Waals surface area contributed by atoms with Crippen molar-refractivity contribution in [3.05, 3.63) is 48.0 Å². The van der Waals surface area contributed by atoms with Crippen LogP contribution in [0.3, 0.4) is 0 Å². The maximum absolute atomic E-state index is 11.8. The first-order chi connectivity index (χ1) is 11.2. The lowest BCUT2D eigenvalue weighted by Crippen LogP contribution is -2.10. The van der Waals surface area contributed by atoms with Gasteiger partial charge in [0.05, 0.1) is 0 Å². The molecule has 0 unspecified atom stereocenters. The molecule has 0 spiro atoms. The Morgan fingerprint density at radius 1 is 1.22 bits per heavy atom. The number of carbonyl (C=O) groups is 1. The van der Waals surface area contributed by atoms with E-state index in [1.807, 2.05) is 49.4 Å². The van der Waals surface area contributed by atoms with E-state index in [2.05, 4.69) is 17.2 Å². The second kappa shape index (κ2) is 6.65. The SMILES string of the molecule is CCCCC(=O)Nc1ccc2nc(-c3ccccc3C)oc2c1. The fraction of sp³-hybridized carbons (Fsp3) is 0.263. The van der Waals surface area contributed by atoms with Crippen molar-refractivity contribution in [2.24, 2.45) is 0 Å². The molecule has 1 amide bonds. The number of carbonyl (C=O) groups excluding carboxylic acids is 1. The molecule has 23 heavy (non-hydrogen) atoms. The number of fused-ring (bicyclic) bond motifs is 1. The molecule has 1 aromatic heterocycles. The van der Waals surface area contributed by atoms with E-state index in [1.54, 1.807) is 0 Å². The number of nitrogens with zero attached hydrogens (tertiary/aromatic N) is 1. The molecule has 0 saturated heterocycles. The summed E-state index contributed by atoms with van der Waals surface area (Å²) in [6.07, 6.45) is 2.45. The fourth-order valence-electron chi connectivity index (χ4n) is 2.49. The highest BCUT2D eigenvalue weighted by Gasteiger charge is 2.11. The quantitative estimate of drug-likeness (QED) is 0.727. The van der Waals surface area contributed by atoms with Crippen LogP contribution in [0.2, 0.25) is 0 Å². The lowest BCUT2D eigenvalue weighted by Gasteiger charge is -2.03. The Labute approximate surface area is 135 Å². The molecular formula is C19H20N2O2. The van der Waals surface area contributed by atoms with Crippen molar-refractivity contribution < 1.29 is 9.21 Å². The minimum atomic E-state index is 0.0323. The van der Waals surface area contributed by atoms with Gasteiger partial charge in [-0.15, -0.1) is 0 Å². The van der Waals surface area contributed by atoms with Crippen molar-refractivity contribution in [2.45, 2.75) is 33.1 Å². The van der Waals surface area contributed by atoms with Gasteiger partial charge in [0.15, 0.2) is 5.58 Å². The lowest BCUT2D eigenvalue weighted by molar-refractivity contribution is -0.116. The maximum Gasteiger partial charge on any atom is 0.227 e. The molecular weight excluding hydrogens is 288 g/mol. The summed E-state index contributed by atoms with van der Waals surface area (Å²) < 4.78 is 5.88. The summed E-state index contributed by atoms with van der Waals surface area (Å²) in [5.41, 5.74) is 4.31. The third-order valence-corrected chi connectivity index (χ3v) is 3.81. The molecule has 2 aromatic carbocycles. The zero-order chi connectivity index (χ0) is 16.2. The molecule has 0 radical (unpaired) electrons. The third kappa shape index (κ3) is 3.42. The Bertz CT molecular complexity index is 836. The number of aryl methyl sites for hydroxylation is 1. The molecule has 4 nitrogen and oxygen atoms in total. The summed E-state index contributed by atoms with van der Waals surface area (Å²) in [4.78, 5) is 16.4. The van der Waals surface area contributed by atoms with Gasteiger partial charge in [0.25, 0.3) is 0 Å². The molecule has 1 heterocycles. The van der Waals surface area contributed by atoms with Crippen molar-refractivity contribution in [1.29, 1.82) is 0 Å². The molecule has 1 N–H and O–H groups in total. The molecule has 0 aliphatic rings. The molecule has 0 atom stereocenters. The van der Waals surface area contributed by atoms with Gasteiger partial charge < -0.3 is 9.73 Å². The Hall–Kier alpha value is -2.62. The van der Waals surface area contributed by atoms with Crippen LogP contribution in [-0.2, 0) is 4.79 Å². The van der Waals surface area contributed by atoms with Crippen molar-refractivity contribution in [2.75, 3.05) is 5.32 Å². The van der Waals surface area contributed by atoms with E-state index >= 15 is 0 Å². The first-order valence-corrected chi connectivity index (χ1v) is 7.94. The summed E-state index contributed by atoms with van der Waals surface area (Å²) in [5, 5.41) is 2.90. The monoisotopic (exact) mass is 308 g/mol. The predicted molar refractivity (Wildman–Crippen MR) is 92.3 cm³/mol. The molecule has 0 saturated carbocycles. The highest BCUT2D eigenvalue weighted by atomic mass is 16.3. The second-order valence-electron chi connectivity index (χ2n) is 5.67.